The van der Waals surface area contributed by atoms with E-state index in [2.05, 4.69) is 34.3 Å². The lowest BCUT2D eigenvalue weighted by Gasteiger charge is -2.30. The summed E-state index contributed by atoms with van der Waals surface area (Å²) in [5, 5.41) is 4.32. The van der Waals surface area contributed by atoms with Crippen molar-refractivity contribution in [3.8, 4) is 5.75 Å². The Kier molecular flexibility index (Phi) is 5.11. The monoisotopic (exact) mass is 299 g/mol. The molecule has 0 N–H and O–H groups in total. The fraction of sp³-hybridized carbons (Fsp3) is 0.500. The van der Waals surface area contributed by atoms with Crippen molar-refractivity contribution in [2.24, 2.45) is 0 Å². The van der Waals surface area contributed by atoms with Gasteiger partial charge < -0.3 is 4.74 Å². The van der Waals surface area contributed by atoms with Gasteiger partial charge in [0.15, 0.2) is 0 Å². The van der Waals surface area contributed by atoms with Crippen LogP contribution in [0.3, 0.4) is 0 Å². The van der Waals surface area contributed by atoms with E-state index in [0.717, 1.165) is 18.8 Å². The van der Waals surface area contributed by atoms with Gasteiger partial charge in [0, 0.05) is 25.0 Å². The van der Waals surface area contributed by atoms with Crippen molar-refractivity contribution in [2.75, 3.05) is 20.2 Å². The molecule has 1 aliphatic heterocycles. The van der Waals surface area contributed by atoms with Gasteiger partial charge in [-0.15, -0.1) is 0 Å². The minimum absolute atomic E-state index is 0.518. The number of methoxy groups -OCH3 is 1. The van der Waals surface area contributed by atoms with E-state index in [0.29, 0.717) is 6.04 Å². The van der Waals surface area contributed by atoms with E-state index in [1.54, 1.807) is 7.11 Å². The molecule has 0 aliphatic carbocycles. The molecule has 0 saturated carbocycles. The SMILES string of the molecule is COc1ccc(C2CCCCCN2CCn2cccn2)cc1. The summed E-state index contributed by atoms with van der Waals surface area (Å²) in [5.74, 6) is 0.931. The minimum atomic E-state index is 0.518. The summed E-state index contributed by atoms with van der Waals surface area (Å²) in [6.45, 7) is 3.19. The summed E-state index contributed by atoms with van der Waals surface area (Å²) in [4.78, 5) is 2.62. The van der Waals surface area contributed by atoms with E-state index < -0.39 is 0 Å². The predicted molar refractivity (Wildman–Crippen MR) is 88.0 cm³/mol. The van der Waals surface area contributed by atoms with Gasteiger partial charge in [0.1, 0.15) is 5.75 Å². The third kappa shape index (κ3) is 3.69. The Hall–Kier alpha value is -1.81. The Morgan fingerprint density at radius 1 is 1.14 bits per heavy atom. The first kappa shape index (κ1) is 15.1. The highest BCUT2D eigenvalue weighted by atomic mass is 16.5. The van der Waals surface area contributed by atoms with Gasteiger partial charge in [0.25, 0.3) is 0 Å². The highest BCUT2D eigenvalue weighted by molar-refractivity contribution is 5.29. The van der Waals surface area contributed by atoms with Crippen molar-refractivity contribution in [1.29, 1.82) is 0 Å². The summed E-state index contributed by atoms with van der Waals surface area (Å²) in [6.07, 6.45) is 9.08. The Morgan fingerprint density at radius 3 is 2.73 bits per heavy atom. The van der Waals surface area contributed by atoms with E-state index in [4.69, 9.17) is 4.74 Å². The van der Waals surface area contributed by atoms with Crippen LogP contribution in [0.15, 0.2) is 42.7 Å². The molecule has 1 aliphatic rings. The van der Waals surface area contributed by atoms with Crippen molar-refractivity contribution in [3.63, 3.8) is 0 Å². The van der Waals surface area contributed by atoms with Crippen molar-refractivity contribution in [3.05, 3.63) is 48.3 Å². The quantitative estimate of drug-likeness (QED) is 0.846. The molecule has 0 amide bonds. The second-order valence-corrected chi connectivity index (χ2v) is 5.94. The fourth-order valence-electron chi connectivity index (χ4n) is 3.30. The van der Waals surface area contributed by atoms with Gasteiger partial charge in [0.05, 0.1) is 13.7 Å². The number of nitrogens with zero attached hydrogens (tertiary/aromatic N) is 3. The van der Waals surface area contributed by atoms with Crippen LogP contribution in [0.1, 0.15) is 37.3 Å². The van der Waals surface area contributed by atoms with Crippen LogP contribution >= 0.6 is 0 Å². The molecule has 2 aromatic rings. The molecule has 22 heavy (non-hydrogen) atoms. The molecule has 1 atom stereocenters. The van der Waals surface area contributed by atoms with E-state index in [1.165, 1.54) is 37.8 Å². The largest absolute Gasteiger partial charge is 0.497 e. The second kappa shape index (κ2) is 7.45. The zero-order chi connectivity index (χ0) is 15.2. The molecule has 3 rings (SSSR count). The molecule has 118 valence electrons. The molecular formula is C18H25N3O. The lowest BCUT2D eigenvalue weighted by Crippen LogP contribution is -2.31. The van der Waals surface area contributed by atoms with Gasteiger partial charge >= 0.3 is 0 Å². The molecular weight excluding hydrogens is 274 g/mol. The highest BCUT2D eigenvalue weighted by Gasteiger charge is 2.22. The van der Waals surface area contributed by atoms with E-state index >= 15 is 0 Å². The van der Waals surface area contributed by atoms with Gasteiger partial charge in [-0.05, 0) is 43.1 Å². The maximum Gasteiger partial charge on any atom is 0.118 e. The summed E-state index contributed by atoms with van der Waals surface area (Å²) < 4.78 is 7.30. The molecule has 2 heterocycles. The number of likely N-dealkylation sites (tertiary alicyclic amines) is 1. The van der Waals surface area contributed by atoms with Gasteiger partial charge in [-0.2, -0.15) is 5.10 Å². The van der Waals surface area contributed by atoms with E-state index in [9.17, 15) is 0 Å². The molecule has 0 radical (unpaired) electrons. The van der Waals surface area contributed by atoms with Crippen LogP contribution in [0.25, 0.3) is 0 Å². The molecule has 1 fully saturated rings. The average molecular weight is 299 g/mol. The van der Waals surface area contributed by atoms with Crippen LogP contribution in [-0.2, 0) is 6.54 Å². The fourth-order valence-corrected chi connectivity index (χ4v) is 3.30. The Labute approximate surface area is 132 Å². The van der Waals surface area contributed by atoms with Crippen LogP contribution in [0.4, 0.5) is 0 Å². The van der Waals surface area contributed by atoms with Gasteiger partial charge in [-0.25, -0.2) is 0 Å². The van der Waals surface area contributed by atoms with E-state index in [1.807, 2.05) is 23.1 Å². The first-order valence-electron chi connectivity index (χ1n) is 8.22. The number of benzene rings is 1. The van der Waals surface area contributed by atoms with Gasteiger partial charge in [0.2, 0.25) is 0 Å². The van der Waals surface area contributed by atoms with E-state index in [-0.39, 0.29) is 0 Å². The number of hydrogen-bond donors (Lipinski definition) is 0. The lowest BCUT2D eigenvalue weighted by molar-refractivity contribution is 0.191. The predicted octanol–water partition coefficient (Wildman–Crippen LogP) is 3.51. The molecule has 4 nitrogen and oxygen atoms in total. The van der Waals surface area contributed by atoms with Gasteiger partial charge in [-0.1, -0.05) is 25.0 Å². The topological polar surface area (TPSA) is 30.3 Å². The van der Waals surface area contributed by atoms with Crippen molar-refractivity contribution >= 4 is 0 Å². The number of ether oxygens (including phenoxy) is 1. The average Bonchev–Trinajstić information content (AvgIpc) is 2.97. The molecule has 4 heteroatoms. The third-order valence-corrected chi connectivity index (χ3v) is 4.54. The zero-order valence-corrected chi connectivity index (χ0v) is 13.3. The number of hydrogen-bond acceptors (Lipinski definition) is 3. The molecule has 1 saturated heterocycles. The number of rotatable bonds is 5. The van der Waals surface area contributed by atoms with Crippen LogP contribution in [0.5, 0.6) is 5.75 Å². The van der Waals surface area contributed by atoms with Crippen LogP contribution in [0.2, 0.25) is 0 Å². The van der Waals surface area contributed by atoms with Crippen LogP contribution in [0, 0.1) is 0 Å². The van der Waals surface area contributed by atoms with Crippen molar-refractivity contribution in [1.82, 2.24) is 14.7 Å². The maximum absolute atomic E-state index is 5.28. The van der Waals surface area contributed by atoms with Crippen LogP contribution < -0.4 is 4.74 Å². The summed E-state index contributed by atoms with van der Waals surface area (Å²) in [7, 11) is 1.72. The van der Waals surface area contributed by atoms with Gasteiger partial charge in [-0.3, -0.25) is 9.58 Å². The molecule has 0 bridgehead atoms. The van der Waals surface area contributed by atoms with Crippen molar-refractivity contribution in [2.45, 2.75) is 38.3 Å². The minimum Gasteiger partial charge on any atom is -0.497 e. The summed E-state index contributed by atoms with van der Waals surface area (Å²) in [6, 6.07) is 11.1. The molecule has 0 spiro atoms. The van der Waals surface area contributed by atoms with Crippen LogP contribution in [-0.4, -0.2) is 34.9 Å². The highest BCUT2D eigenvalue weighted by Crippen LogP contribution is 2.30. The smallest absolute Gasteiger partial charge is 0.118 e. The Balaban J connectivity index is 1.71. The normalized spacial score (nSPS) is 19.8. The molecule has 1 aromatic heterocycles. The zero-order valence-electron chi connectivity index (χ0n) is 13.3. The first-order chi connectivity index (χ1) is 10.9. The lowest BCUT2D eigenvalue weighted by atomic mass is 10.0. The summed E-state index contributed by atoms with van der Waals surface area (Å²) >= 11 is 0. The molecule has 1 aromatic carbocycles. The van der Waals surface area contributed by atoms with Crippen molar-refractivity contribution < 1.29 is 4.74 Å². The number of aromatic nitrogens is 2. The first-order valence-corrected chi connectivity index (χ1v) is 8.22. The molecule has 1 unspecified atom stereocenters. The Bertz CT molecular complexity index is 550. The summed E-state index contributed by atoms with van der Waals surface area (Å²) in [5.41, 5.74) is 1.41. The Morgan fingerprint density at radius 2 is 2.00 bits per heavy atom. The maximum atomic E-state index is 5.28. The third-order valence-electron chi connectivity index (χ3n) is 4.54. The standard InChI is InChI=1S/C18H25N3O/c1-22-17-9-7-16(8-10-17)18-6-3-2-4-12-20(18)14-15-21-13-5-11-19-21/h5,7-11,13,18H,2-4,6,12,14-15H2,1H3. The second-order valence-electron chi connectivity index (χ2n) is 5.94.